The molecule has 0 aliphatic heterocycles. The minimum atomic E-state index is -0.987. The molecule has 1 saturated carbocycles. The Morgan fingerprint density at radius 2 is 1.91 bits per heavy atom. The topological polar surface area (TPSA) is 55.4 Å². The van der Waals surface area contributed by atoms with Gasteiger partial charge in [-0.15, -0.1) is 23.2 Å². The number of alkyl halides is 2. The number of nitrogens with one attached hydrogen (secondary N) is 1. The first kappa shape index (κ1) is 16.8. The quantitative estimate of drug-likeness (QED) is 0.503. The van der Waals surface area contributed by atoms with Crippen molar-refractivity contribution in [1.82, 2.24) is 0 Å². The lowest BCUT2D eigenvalue weighted by atomic mass is 10.1. The third-order valence-corrected chi connectivity index (χ3v) is 4.73. The summed E-state index contributed by atoms with van der Waals surface area (Å²) >= 11 is 12.0. The number of esters is 1. The number of hydrogen-bond donors (Lipinski definition) is 1. The summed E-state index contributed by atoms with van der Waals surface area (Å²) in [5.41, 5.74) is 0.724. The van der Waals surface area contributed by atoms with Crippen LogP contribution in [0.15, 0.2) is 30.3 Å². The maximum atomic E-state index is 12.1. The third kappa shape index (κ3) is 3.62. The summed E-state index contributed by atoms with van der Waals surface area (Å²) in [5, 5.41) is 2.79. The fraction of sp³-hybridized carbons (Fsp3) is 0.375. The number of hydrogen-bond acceptors (Lipinski definition) is 3. The minimum Gasteiger partial charge on any atom is -0.463 e. The van der Waals surface area contributed by atoms with Crippen molar-refractivity contribution in [3.63, 3.8) is 0 Å². The maximum absolute atomic E-state index is 12.1. The second-order valence-electron chi connectivity index (χ2n) is 5.37. The van der Waals surface area contributed by atoms with E-state index in [2.05, 4.69) is 5.32 Å². The van der Waals surface area contributed by atoms with Crippen LogP contribution >= 0.6 is 23.2 Å². The van der Waals surface area contributed by atoms with Crippen LogP contribution in [0.4, 0.5) is 5.69 Å². The van der Waals surface area contributed by atoms with Crippen LogP contribution in [0.1, 0.15) is 25.8 Å². The largest absolute Gasteiger partial charge is 0.463 e. The number of carbonyl (C=O) groups excluding carboxylic acids is 2. The molecule has 0 heterocycles. The molecule has 0 saturated heterocycles. The molecule has 0 spiro atoms. The zero-order valence-corrected chi connectivity index (χ0v) is 13.9. The molecule has 1 aliphatic carbocycles. The van der Waals surface area contributed by atoms with Crippen LogP contribution in [0.5, 0.6) is 0 Å². The van der Waals surface area contributed by atoms with Gasteiger partial charge in [-0.05, 0) is 44.0 Å². The Kier molecular flexibility index (Phi) is 4.83. The molecule has 0 radical (unpaired) electrons. The standard InChI is InChI=1S/C16H17Cl2NO3/c1-3-22-13(20)9-6-11-4-7-12(8-5-11)19-14(21)15(2)10-16(15,17)18/h4-9H,3,10H2,1-2H3,(H,19,21)/b9-6+. The normalized spacial score (nSPS) is 22.4. The molecule has 6 heteroatoms. The van der Waals surface area contributed by atoms with E-state index in [9.17, 15) is 9.59 Å². The average molecular weight is 342 g/mol. The van der Waals surface area contributed by atoms with E-state index in [0.717, 1.165) is 5.56 Å². The molecule has 1 fully saturated rings. The predicted octanol–water partition coefficient (Wildman–Crippen LogP) is 3.79. The zero-order valence-electron chi connectivity index (χ0n) is 12.4. The lowest BCUT2D eigenvalue weighted by Crippen LogP contribution is -2.25. The monoisotopic (exact) mass is 341 g/mol. The van der Waals surface area contributed by atoms with E-state index in [0.29, 0.717) is 18.7 Å². The molecule has 1 N–H and O–H groups in total. The van der Waals surface area contributed by atoms with Crippen LogP contribution in [0.3, 0.4) is 0 Å². The van der Waals surface area contributed by atoms with Crippen molar-refractivity contribution in [2.45, 2.75) is 24.6 Å². The van der Waals surface area contributed by atoms with E-state index in [-0.39, 0.29) is 11.9 Å². The molecule has 1 aromatic carbocycles. The molecule has 1 aliphatic rings. The summed E-state index contributed by atoms with van der Waals surface area (Å²) in [5.74, 6) is -0.589. The molecule has 22 heavy (non-hydrogen) atoms. The van der Waals surface area contributed by atoms with Gasteiger partial charge < -0.3 is 10.1 Å². The van der Waals surface area contributed by atoms with Gasteiger partial charge in [-0.3, -0.25) is 4.79 Å². The number of anilines is 1. The highest BCUT2D eigenvalue weighted by molar-refractivity contribution is 6.53. The summed E-state index contributed by atoms with van der Waals surface area (Å²) in [6.45, 7) is 3.83. The van der Waals surface area contributed by atoms with Crippen LogP contribution in [-0.4, -0.2) is 22.8 Å². The van der Waals surface area contributed by atoms with Crippen LogP contribution < -0.4 is 5.32 Å². The maximum Gasteiger partial charge on any atom is 0.330 e. The predicted molar refractivity (Wildman–Crippen MR) is 87.9 cm³/mol. The average Bonchev–Trinajstić information content (AvgIpc) is 2.99. The molecule has 0 bridgehead atoms. The Hall–Kier alpha value is -1.52. The first-order chi connectivity index (χ1) is 10.3. The number of carbonyl (C=O) groups is 2. The number of amides is 1. The lowest BCUT2D eigenvalue weighted by Gasteiger charge is -2.12. The van der Waals surface area contributed by atoms with Gasteiger partial charge in [0, 0.05) is 11.8 Å². The van der Waals surface area contributed by atoms with Crippen molar-refractivity contribution in [3.05, 3.63) is 35.9 Å². The van der Waals surface area contributed by atoms with Gasteiger partial charge in [0.2, 0.25) is 5.91 Å². The number of ether oxygens (including phenoxy) is 1. The van der Waals surface area contributed by atoms with E-state index in [1.807, 2.05) is 0 Å². The Morgan fingerprint density at radius 1 is 1.32 bits per heavy atom. The van der Waals surface area contributed by atoms with E-state index in [1.165, 1.54) is 6.08 Å². The van der Waals surface area contributed by atoms with Gasteiger partial charge in [-0.2, -0.15) is 0 Å². The zero-order chi connectivity index (χ0) is 16.4. The Balaban J connectivity index is 1.95. The SMILES string of the molecule is CCOC(=O)/C=C/c1ccc(NC(=O)C2(C)CC2(Cl)Cl)cc1. The minimum absolute atomic E-state index is 0.202. The highest BCUT2D eigenvalue weighted by atomic mass is 35.5. The summed E-state index contributed by atoms with van der Waals surface area (Å²) < 4.78 is 3.81. The van der Waals surface area contributed by atoms with E-state index >= 15 is 0 Å². The third-order valence-electron chi connectivity index (χ3n) is 3.63. The van der Waals surface area contributed by atoms with Gasteiger partial charge in [0.1, 0.15) is 4.33 Å². The van der Waals surface area contributed by atoms with Crippen molar-refractivity contribution >= 4 is 46.8 Å². The highest BCUT2D eigenvalue weighted by Gasteiger charge is 2.67. The number of benzene rings is 1. The van der Waals surface area contributed by atoms with E-state index < -0.39 is 9.75 Å². The molecule has 2 rings (SSSR count). The van der Waals surface area contributed by atoms with Crippen molar-refractivity contribution in [2.24, 2.45) is 5.41 Å². The smallest absolute Gasteiger partial charge is 0.330 e. The number of halogens is 2. The second kappa shape index (κ2) is 6.31. The van der Waals surface area contributed by atoms with E-state index in [4.69, 9.17) is 27.9 Å². The van der Waals surface area contributed by atoms with Crippen molar-refractivity contribution in [3.8, 4) is 0 Å². The molecule has 4 nitrogen and oxygen atoms in total. The summed E-state index contributed by atoms with van der Waals surface area (Å²) in [6, 6.07) is 7.07. The van der Waals surface area contributed by atoms with Gasteiger partial charge in [0.25, 0.3) is 0 Å². The van der Waals surface area contributed by atoms with Gasteiger partial charge >= 0.3 is 5.97 Å². The molecule has 118 valence electrons. The van der Waals surface area contributed by atoms with Crippen molar-refractivity contribution in [2.75, 3.05) is 11.9 Å². The lowest BCUT2D eigenvalue weighted by molar-refractivity contribution is -0.137. The summed E-state index contributed by atoms with van der Waals surface area (Å²) in [7, 11) is 0. The molecule has 1 atom stereocenters. The molecular formula is C16H17Cl2NO3. The molecule has 1 unspecified atom stereocenters. The second-order valence-corrected chi connectivity index (χ2v) is 6.86. The van der Waals surface area contributed by atoms with Crippen LogP contribution in [0.2, 0.25) is 0 Å². The summed E-state index contributed by atoms with van der Waals surface area (Å²) in [4.78, 5) is 23.3. The van der Waals surface area contributed by atoms with Gasteiger partial charge in [0.15, 0.2) is 0 Å². The van der Waals surface area contributed by atoms with Crippen LogP contribution in [0, 0.1) is 5.41 Å². The molecule has 1 amide bonds. The Bertz CT molecular complexity index is 610. The number of rotatable bonds is 5. The van der Waals surface area contributed by atoms with Crippen molar-refractivity contribution < 1.29 is 14.3 Å². The summed E-state index contributed by atoms with van der Waals surface area (Å²) in [6.07, 6.45) is 3.45. The fourth-order valence-corrected chi connectivity index (χ4v) is 2.65. The van der Waals surface area contributed by atoms with Crippen LogP contribution in [-0.2, 0) is 14.3 Å². The first-order valence-electron chi connectivity index (χ1n) is 6.93. The Morgan fingerprint density at radius 3 is 2.41 bits per heavy atom. The molecule has 0 aromatic heterocycles. The van der Waals surface area contributed by atoms with Gasteiger partial charge in [-0.25, -0.2) is 4.79 Å². The van der Waals surface area contributed by atoms with Crippen LogP contribution in [0.25, 0.3) is 6.08 Å². The Labute approximate surface area is 139 Å². The highest BCUT2D eigenvalue weighted by Crippen LogP contribution is 2.64. The van der Waals surface area contributed by atoms with E-state index in [1.54, 1.807) is 44.2 Å². The van der Waals surface area contributed by atoms with Gasteiger partial charge in [0.05, 0.1) is 12.0 Å². The molecule has 1 aromatic rings. The fourth-order valence-electron chi connectivity index (χ4n) is 1.95. The van der Waals surface area contributed by atoms with Crippen molar-refractivity contribution in [1.29, 1.82) is 0 Å². The molecular weight excluding hydrogens is 325 g/mol. The van der Waals surface area contributed by atoms with Gasteiger partial charge in [-0.1, -0.05) is 12.1 Å². The first-order valence-corrected chi connectivity index (χ1v) is 7.68.